The number of hydrogen-bond acceptors (Lipinski definition) is 6. The molecule has 0 saturated carbocycles. The van der Waals surface area contributed by atoms with Gasteiger partial charge < -0.3 is 4.57 Å². The zero-order valence-corrected chi connectivity index (χ0v) is 37.4. The van der Waals surface area contributed by atoms with Crippen molar-refractivity contribution in [1.82, 2.24) is 28.7 Å². The van der Waals surface area contributed by atoms with Crippen LogP contribution in [0.3, 0.4) is 0 Å². The van der Waals surface area contributed by atoms with Crippen LogP contribution in [-0.4, -0.2) is 28.7 Å². The Balaban J connectivity index is 1.16. The van der Waals surface area contributed by atoms with Gasteiger partial charge in [-0.3, -0.25) is 9.13 Å². The van der Waals surface area contributed by atoms with E-state index >= 15 is 0 Å². The van der Waals surface area contributed by atoms with Crippen LogP contribution in [0.4, 0.5) is 11.4 Å². The van der Waals surface area contributed by atoms with E-state index in [0.717, 1.165) is 49.0 Å². The zero-order chi connectivity index (χ0) is 47.6. The van der Waals surface area contributed by atoms with Gasteiger partial charge in [0.2, 0.25) is 11.9 Å². The van der Waals surface area contributed by atoms with Crippen LogP contribution in [0.2, 0.25) is 0 Å². The third-order valence-corrected chi connectivity index (χ3v) is 14.0. The van der Waals surface area contributed by atoms with Gasteiger partial charge in [0.25, 0.3) is 0 Å². The number of aromatic nitrogens is 6. The summed E-state index contributed by atoms with van der Waals surface area (Å²) in [4.78, 5) is 23.5. The summed E-state index contributed by atoms with van der Waals surface area (Å²) in [5.74, 6) is 0.763. The van der Waals surface area contributed by atoms with E-state index in [0.29, 0.717) is 55.7 Å². The van der Waals surface area contributed by atoms with Crippen LogP contribution in [0.25, 0.3) is 115 Å². The maximum Gasteiger partial charge on any atom is 0.240 e. The zero-order valence-electron chi connectivity index (χ0n) is 37.4. The van der Waals surface area contributed by atoms with Crippen LogP contribution < -0.4 is 0 Å². The Labute approximate surface area is 399 Å². The summed E-state index contributed by atoms with van der Waals surface area (Å²) in [6.45, 7) is 20.3. The molecule has 1 aliphatic carbocycles. The van der Waals surface area contributed by atoms with Gasteiger partial charge in [0.15, 0.2) is 17.2 Å². The molecule has 4 aromatic heterocycles. The van der Waals surface area contributed by atoms with E-state index in [4.69, 9.17) is 28.1 Å². The molecule has 0 aliphatic heterocycles. The fourth-order valence-electron chi connectivity index (χ4n) is 11.0. The largest absolute Gasteiger partial charge is 0.308 e. The van der Waals surface area contributed by atoms with Crippen molar-refractivity contribution < 1.29 is 0 Å². The average molecular weight is 894 g/mol. The van der Waals surface area contributed by atoms with Gasteiger partial charge in [0.05, 0.1) is 86.8 Å². The monoisotopic (exact) mass is 893 g/mol. The fourth-order valence-corrected chi connectivity index (χ4v) is 11.0. The molecule has 0 N–H and O–H groups in total. The number of nitriles is 3. The van der Waals surface area contributed by atoms with Gasteiger partial charge in [-0.25, -0.2) is 9.69 Å². The Bertz CT molecular complexity index is 4270. The highest BCUT2D eigenvalue weighted by molar-refractivity contribution is 6.15. The minimum Gasteiger partial charge on any atom is -0.308 e. The van der Waals surface area contributed by atoms with Crippen LogP contribution >= 0.6 is 0 Å². The molecular weight excluding hydrogens is 863 g/mol. The molecule has 12 aromatic rings. The van der Waals surface area contributed by atoms with Crippen molar-refractivity contribution >= 4 is 76.8 Å². The second-order valence-corrected chi connectivity index (χ2v) is 18.0. The Morgan fingerprint density at radius 2 is 0.957 bits per heavy atom. The maximum absolute atomic E-state index is 10.6. The number of nitrogens with zero attached hydrogens (tertiary/aromatic N) is 11. The van der Waals surface area contributed by atoms with Gasteiger partial charge in [-0.1, -0.05) is 74.5 Å². The van der Waals surface area contributed by atoms with Crippen molar-refractivity contribution in [2.24, 2.45) is 0 Å². The number of hydrogen-bond donors (Lipinski definition) is 0. The van der Waals surface area contributed by atoms with E-state index in [9.17, 15) is 15.8 Å². The normalized spacial score (nSPS) is 12.5. The van der Waals surface area contributed by atoms with E-state index < -0.39 is 0 Å². The summed E-state index contributed by atoms with van der Waals surface area (Å²) >= 11 is 0. The first-order valence-corrected chi connectivity index (χ1v) is 22.4. The Hall–Kier alpha value is -10.4. The Morgan fingerprint density at radius 1 is 0.457 bits per heavy atom. The van der Waals surface area contributed by atoms with Crippen LogP contribution in [0.1, 0.15) is 41.7 Å². The molecule has 8 aromatic carbocycles. The molecule has 0 bridgehead atoms. The lowest BCUT2D eigenvalue weighted by Gasteiger charge is -2.22. The molecule has 11 nitrogen and oxygen atoms in total. The molecule has 0 fully saturated rings. The molecule has 4 heterocycles. The lowest BCUT2D eigenvalue weighted by atomic mass is 9.80. The molecule has 322 valence electrons. The Morgan fingerprint density at radius 3 is 1.56 bits per heavy atom. The molecule has 1 aliphatic rings. The van der Waals surface area contributed by atoms with Gasteiger partial charge >= 0.3 is 0 Å². The first-order valence-electron chi connectivity index (χ1n) is 22.4. The van der Waals surface area contributed by atoms with E-state index in [2.05, 4.69) is 101 Å². The minimum absolute atomic E-state index is 0.243. The number of fused-ring (bicyclic) bond motifs is 13. The summed E-state index contributed by atoms with van der Waals surface area (Å²) in [5.41, 5.74) is 12.9. The van der Waals surface area contributed by atoms with Crippen LogP contribution in [0, 0.1) is 47.1 Å². The van der Waals surface area contributed by atoms with Crippen LogP contribution in [0.5, 0.6) is 0 Å². The molecule has 11 heteroatoms. The van der Waals surface area contributed by atoms with Gasteiger partial charge in [0, 0.05) is 32.5 Å². The number of rotatable bonds is 4. The second-order valence-electron chi connectivity index (χ2n) is 18.0. The minimum atomic E-state index is -0.302. The summed E-state index contributed by atoms with van der Waals surface area (Å²) in [7, 11) is 0. The number of para-hydroxylation sites is 1. The molecule has 0 unspecified atom stereocenters. The maximum atomic E-state index is 10.6. The Kier molecular flexibility index (Phi) is 8.31. The summed E-state index contributed by atoms with van der Waals surface area (Å²) in [6.07, 6.45) is 0. The molecule has 0 atom stereocenters. The highest BCUT2D eigenvalue weighted by atomic mass is 15.3. The van der Waals surface area contributed by atoms with Crippen molar-refractivity contribution in [3.8, 4) is 58.3 Å². The van der Waals surface area contributed by atoms with E-state index in [-0.39, 0.29) is 23.1 Å². The van der Waals surface area contributed by atoms with Crippen molar-refractivity contribution in [3.05, 3.63) is 202 Å². The predicted molar refractivity (Wildman–Crippen MR) is 273 cm³/mol. The van der Waals surface area contributed by atoms with Crippen LogP contribution in [-0.2, 0) is 5.41 Å². The molecular formula is C59H31N11. The third kappa shape index (κ3) is 5.48. The fraction of sp³-hybridized carbons (Fsp3) is 0.0508. The van der Waals surface area contributed by atoms with Gasteiger partial charge in [-0.2, -0.15) is 30.7 Å². The smallest absolute Gasteiger partial charge is 0.240 e. The lowest BCUT2D eigenvalue weighted by Crippen LogP contribution is -2.15. The van der Waals surface area contributed by atoms with E-state index in [1.165, 1.54) is 22.3 Å². The molecule has 13 rings (SSSR count). The molecule has 70 heavy (non-hydrogen) atoms. The molecule has 0 amide bonds. The first kappa shape index (κ1) is 39.9. The van der Waals surface area contributed by atoms with Crippen LogP contribution in [0.15, 0.2) is 152 Å². The molecule has 0 saturated heterocycles. The SMILES string of the molecule is [C-]#[N+]c1ccc2c(c1)c1cc([N+]#[C-])ccc1n2-c1nc(-c2cc(C#N)ccc2-n2c3ccccc3c3c4c(ccc32)-c2ccccc2C4(C)C)nc(-n2c3ccc(C#N)cc3c3cc(C#N)ccc32)n1. The highest BCUT2D eigenvalue weighted by Crippen LogP contribution is 2.53. The quantitative estimate of drug-likeness (QED) is 0.162. The van der Waals surface area contributed by atoms with E-state index in [1.807, 2.05) is 81.9 Å². The standard InChI is InChI=1S/C59H31N11/c1-59(2)46-11-7-5-9-38(46)39-18-24-53-54(55(39)59)40-10-6-8-12-47(40)68(53)52-21-15-35(32-62)27-45(52)56-65-57(69-48-19-13-33(30-60)25-41(48)42-26-34(31-61)14-20-49(42)69)67-58(66-56)70-50-22-16-36(63-3)28-43(50)44-29-37(64-4)17-23-51(44)70/h5-29H,1-2H3. The highest BCUT2D eigenvalue weighted by Gasteiger charge is 2.38. The predicted octanol–water partition coefficient (Wildman–Crippen LogP) is 13.9. The van der Waals surface area contributed by atoms with Crippen molar-refractivity contribution in [1.29, 1.82) is 15.8 Å². The summed E-state index contributed by atoms with van der Waals surface area (Å²) < 4.78 is 6.09. The second kappa shape index (κ2) is 14.6. The third-order valence-electron chi connectivity index (χ3n) is 14.0. The summed E-state index contributed by atoms with van der Waals surface area (Å²) in [5, 5.41) is 35.8. The van der Waals surface area contributed by atoms with Gasteiger partial charge in [0.1, 0.15) is 0 Å². The summed E-state index contributed by atoms with van der Waals surface area (Å²) in [6, 6.07) is 55.7. The van der Waals surface area contributed by atoms with Gasteiger partial charge in [-0.05, 0) is 124 Å². The topological polar surface area (TPSA) is 134 Å². The van der Waals surface area contributed by atoms with Crippen molar-refractivity contribution in [2.75, 3.05) is 0 Å². The van der Waals surface area contributed by atoms with E-state index in [1.54, 1.807) is 24.3 Å². The first-order chi connectivity index (χ1) is 34.2. The average Bonchev–Trinajstić information content (AvgIpc) is 4.10. The van der Waals surface area contributed by atoms with Crippen molar-refractivity contribution in [3.63, 3.8) is 0 Å². The number of benzene rings is 8. The van der Waals surface area contributed by atoms with Crippen molar-refractivity contribution in [2.45, 2.75) is 19.3 Å². The lowest BCUT2D eigenvalue weighted by molar-refractivity contribution is 0.666. The molecule has 0 radical (unpaired) electrons. The molecule has 0 spiro atoms. The van der Waals surface area contributed by atoms with Gasteiger partial charge in [-0.15, -0.1) is 0 Å².